The average molecular weight is 243 g/mol. The summed E-state index contributed by atoms with van der Waals surface area (Å²) in [6.07, 6.45) is 0.390. The molecule has 0 radical (unpaired) electrons. The van der Waals surface area contributed by atoms with Gasteiger partial charge in [0.25, 0.3) is 0 Å². The third-order valence-corrected chi connectivity index (χ3v) is 1.78. The molecule has 0 saturated heterocycles. The second-order valence-corrected chi connectivity index (χ2v) is 5.45. The highest BCUT2D eigenvalue weighted by Crippen LogP contribution is 1.97. The number of hydrogen-bond acceptors (Lipinski definition) is 3. The molecule has 0 bridgehead atoms. The Kier molecular flexibility index (Phi) is 6.80. The molecule has 0 atom stereocenters. The standard InChI is InChI=1S/C12H25N3O2/c1-9(2)14-10(16)6-7-13-8-11(17)15-12(3,4)5/h9,13H,6-8H2,1-5H3,(H,14,16)(H,15,17). The number of hydrogen-bond donors (Lipinski definition) is 3. The van der Waals surface area contributed by atoms with Crippen LogP contribution < -0.4 is 16.0 Å². The van der Waals surface area contributed by atoms with Crippen molar-refractivity contribution in [3.63, 3.8) is 0 Å². The lowest BCUT2D eigenvalue weighted by atomic mass is 10.1. The Hall–Kier alpha value is -1.10. The van der Waals surface area contributed by atoms with Crippen LogP contribution in [-0.4, -0.2) is 36.5 Å². The third-order valence-electron chi connectivity index (χ3n) is 1.78. The van der Waals surface area contributed by atoms with Crippen molar-refractivity contribution in [3.05, 3.63) is 0 Å². The van der Waals surface area contributed by atoms with Crippen LogP contribution >= 0.6 is 0 Å². The fraction of sp³-hybridized carbons (Fsp3) is 0.833. The maximum atomic E-state index is 11.4. The van der Waals surface area contributed by atoms with Crippen LogP contribution in [-0.2, 0) is 9.59 Å². The van der Waals surface area contributed by atoms with Gasteiger partial charge >= 0.3 is 0 Å². The Morgan fingerprint density at radius 1 is 1.12 bits per heavy atom. The Balaban J connectivity index is 3.58. The van der Waals surface area contributed by atoms with Crippen LogP contribution in [0.25, 0.3) is 0 Å². The predicted molar refractivity (Wildman–Crippen MR) is 68.7 cm³/mol. The van der Waals surface area contributed by atoms with Gasteiger partial charge in [-0.25, -0.2) is 0 Å². The van der Waals surface area contributed by atoms with Gasteiger partial charge in [-0.15, -0.1) is 0 Å². The van der Waals surface area contributed by atoms with Crippen molar-refractivity contribution in [1.82, 2.24) is 16.0 Å². The molecule has 0 fully saturated rings. The summed E-state index contributed by atoms with van der Waals surface area (Å²) in [7, 11) is 0. The third kappa shape index (κ3) is 11.2. The van der Waals surface area contributed by atoms with E-state index in [1.807, 2.05) is 34.6 Å². The molecule has 17 heavy (non-hydrogen) atoms. The smallest absolute Gasteiger partial charge is 0.234 e. The van der Waals surface area contributed by atoms with Crippen LogP contribution in [0.4, 0.5) is 0 Å². The highest BCUT2D eigenvalue weighted by atomic mass is 16.2. The fourth-order valence-corrected chi connectivity index (χ4v) is 1.26. The van der Waals surface area contributed by atoms with E-state index in [4.69, 9.17) is 0 Å². The molecule has 0 aliphatic heterocycles. The van der Waals surface area contributed by atoms with Crippen LogP contribution in [0, 0.1) is 0 Å². The zero-order valence-corrected chi connectivity index (χ0v) is 11.5. The molecular weight excluding hydrogens is 218 g/mol. The van der Waals surface area contributed by atoms with E-state index >= 15 is 0 Å². The largest absolute Gasteiger partial charge is 0.354 e. The molecule has 0 aliphatic carbocycles. The highest BCUT2D eigenvalue weighted by Gasteiger charge is 2.12. The molecule has 0 aliphatic rings. The van der Waals surface area contributed by atoms with Gasteiger partial charge in [-0.1, -0.05) is 0 Å². The molecule has 100 valence electrons. The summed E-state index contributed by atoms with van der Waals surface area (Å²) in [5.74, 6) is -0.0505. The number of rotatable bonds is 6. The second kappa shape index (κ2) is 7.27. The monoisotopic (exact) mass is 243 g/mol. The fourth-order valence-electron chi connectivity index (χ4n) is 1.26. The maximum absolute atomic E-state index is 11.4. The van der Waals surface area contributed by atoms with Crippen molar-refractivity contribution in [2.45, 2.75) is 52.6 Å². The van der Waals surface area contributed by atoms with E-state index in [2.05, 4.69) is 16.0 Å². The molecule has 0 unspecified atom stereocenters. The van der Waals surface area contributed by atoms with Crippen molar-refractivity contribution in [2.24, 2.45) is 0 Å². The molecular formula is C12H25N3O2. The summed E-state index contributed by atoms with van der Waals surface area (Å²) in [6, 6.07) is 0.159. The van der Waals surface area contributed by atoms with Gasteiger partial charge in [0, 0.05) is 24.5 Å². The Labute approximate surface area is 104 Å². The first kappa shape index (κ1) is 15.9. The highest BCUT2D eigenvalue weighted by molar-refractivity contribution is 5.79. The van der Waals surface area contributed by atoms with Gasteiger partial charge in [0.05, 0.1) is 6.54 Å². The van der Waals surface area contributed by atoms with Crippen LogP contribution in [0.5, 0.6) is 0 Å². The van der Waals surface area contributed by atoms with Crippen LogP contribution in [0.3, 0.4) is 0 Å². The summed E-state index contributed by atoms with van der Waals surface area (Å²) >= 11 is 0. The van der Waals surface area contributed by atoms with E-state index in [-0.39, 0.29) is 29.9 Å². The van der Waals surface area contributed by atoms with Crippen molar-refractivity contribution < 1.29 is 9.59 Å². The van der Waals surface area contributed by atoms with Crippen molar-refractivity contribution in [3.8, 4) is 0 Å². The molecule has 0 saturated carbocycles. The number of carbonyl (C=O) groups excluding carboxylic acids is 2. The Morgan fingerprint density at radius 2 is 1.71 bits per heavy atom. The summed E-state index contributed by atoms with van der Waals surface area (Å²) in [5.41, 5.74) is -0.215. The van der Waals surface area contributed by atoms with Crippen LogP contribution in [0.2, 0.25) is 0 Å². The quantitative estimate of drug-likeness (QED) is 0.592. The summed E-state index contributed by atoms with van der Waals surface area (Å²) in [4.78, 5) is 22.7. The molecule has 0 aromatic heterocycles. The van der Waals surface area contributed by atoms with Gasteiger partial charge < -0.3 is 16.0 Å². The first-order valence-electron chi connectivity index (χ1n) is 6.02. The number of amides is 2. The van der Waals surface area contributed by atoms with E-state index in [1.165, 1.54) is 0 Å². The SMILES string of the molecule is CC(C)NC(=O)CCNCC(=O)NC(C)(C)C. The van der Waals surface area contributed by atoms with Gasteiger partial charge in [-0.3, -0.25) is 9.59 Å². The first-order valence-corrected chi connectivity index (χ1v) is 6.02. The summed E-state index contributed by atoms with van der Waals surface area (Å²) in [6.45, 7) is 10.4. The number of nitrogens with one attached hydrogen (secondary N) is 3. The summed E-state index contributed by atoms with van der Waals surface area (Å²) < 4.78 is 0. The van der Waals surface area contributed by atoms with Gasteiger partial charge in [-0.05, 0) is 34.6 Å². The zero-order chi connectivity index (χ0) is 13.5. The van der Waals surface area contributed by atoms with E-state index in [1.54, 1.807) is 0 Å². The topological polar surface area (TPSA) is 70.2 Å². The van der Waals surface area contributed by atoms with E-state index in [0.29, 0.717) is 13.0 Å². The molecule has 0 rings (SSSR count). The van der Waals surface area contributed by atoms with Crippen molar-refractivity contribution >= 4 is 11.8 Å². The average Bonchev–Trinajstić information content (AvgIpc) is 2.08. The lowest BCUT2D eigenvalue weighted by Crippen LogP contribution is -2.45. The normalized spacial score (nSPS) is 11.4. The van der Waals surface area contributed by atoms with Crippen LogP contribution in [0.1, 0.15) is 41.0 Å². The Morgan fingerprint density at radius 3 is 2.18 bits per heavy atom. The van der Waals surface area contributed by atoms with Gasteiger partial charge in [-0.2, -0.15) is 0 Å². The molecule has 5 nitrogen and oxygen atoms in total. The molecule has 0 aromatic rings. The second-order valence-electron chi connectivity index (χ2n) is 5.45. The molecule has 0 aromatic carbocycles. The first-order chi connectivity index (χ1) is 7.70. The minimum atomic E-state index is -0.215. The minimum Gasteiger partial charge on any atom is -0.354 e. The molecule has 0 spiro atoms. The summed E-state index contributed by atoms with van der Waals surface area (Å²) in [5, 5.41) is 8.57. The van der Waals surface area contributed by atoms with E-state index < -0.39 is 0 Å². The molecule has 2 amide bonds. The van der Waals surface area contributed by atoms with Gasteiger partial charge in [0.1, 0.15) is 0 Å². The Bertz CT molecular complexity index is 257. The van der Waals surface area contributed by atoms with Gasteiger partial charge in [0.2, 0.25) is 11.8 Å². The lowest BCUT2D eigenvalue weighted by molar-refractivity contribution is -0.123. The van der Waals surface area contributed by atoms with Gasteiger partial charge in [0.15, 0.2) is 0 Å². The van der Waals surface area contributed by atoms with Crippen molar-refractivity contribution in [1.29, 1.82) is 0 Å². The molecule has 5 heteroatoms. The lowest BCUT2D eigenvalue weighted by Gasteiger charge is -2.20. The molecule has 0 heterocycles. The van der Waals surface area contributed by atoms with Crippen molar-refractivity contribution in [2.75, 3.05) is 13.1 Å². The maximum Gasteiger partial charge on any atom is 0.234 e. The zero-order valence-electron chi connectivity index (χ0n) is 11.5. The number of carbonyl (C=O) groups is 2. The minimum absolute atomic E-state index is 0.00345. The predicted octanol–water partition coefficient (Wildman–Crippen LogP) is 0.405. The van der Waals surface area contributed by atoms with Crippen LogP contribution in [0.15, 0.2) is 0 Å². The van der Waals surface area contributed by atoms with E-state index in [0.717, 1.165) is 0 Å². The van der Waals surface area contributed by atoms with E-state index in [9.17, 15) is 9.59 Å². The molecule has 3 N–H and O–H groups in total.